The van der Waals surface area contributed by atoms with Crippen LogP contribution in [0.15, 0.2) is 42.5 Å². The second-order valence-electron chi connectivity index (χ2n) is 7.10. The number of carbonyl (C=O) groups is 3. The van der Waals surface area contributed by atoms with E-state index in [2.05, 4.69) is 24.1 Å². The number of aryl methyl sites for hydroxylation is 1. The molecular weight excluding hydrogens is 441 g/mol. The fourth-order valence-electron chi connectivity index (χ4n) is 2.98. The van der Waals surface area contributed by atoms with E-state index < -0.39 is 18.1 Å². The van der Waals surface area contributed by atoms with Gasteiger partial charge in [0.2, 0.25) is 0 Å². The Labute approximate surface area is 189 Å². The van der Waals surface area contributed by atoms with Crippen molar-refractivity contribution in [2.24, 2.45) is 0 Å². The lowest BCUT2D eigenvalue weighted by Crippen LogP contribution is -2.27. The van der Waals surface area contributed by atoms with Crippen molar-refractivity contribution in [1.82, 2.24) is 0 Å². The summed E-state index contributed by atoms with van der Waals surface area (Å²) in [5, 5.41) is 19.6. The average molecular weight is 468 g/mol. The van der Waals surface area contributed by atoms with Crippen LogP contribution in [-0.2, 0) is 4.79 Å². The van der Waals surface area contributed by atoms with Gasteiger partial charge in [-0.15, -0.1) is 0 Å². The van der Waals surface area contributed by atoms with Gasteiger partial charge in [0.05, 0.1) is 11.3 Å². The number of nitrogens with one attached hydrogen (secondary N) is 1. The lowest BCUT2D eigenvalue weighted by molar-refractivity contribution is -0.192. The summed E-state index contributed by atoms with van der Waals surface area (Å²) in [6, 6.07) is 12.4. The highest BCUT2D eigenvalue weighted by atomic mass is 19.4. The zero-order valence-corrected chi connectivity index (χ0v) is 18.6. The first-order chi connectivity index (χ1) is 15.4. The lowest BCUT2D eigenvalue weighted by atomic mass is 10.1. The number of halogens is 3. The molecule has 1 amide bonds. The number of aliphatic carboxylic acids is 1. The molecule has 0 saturated carbocycles. The monoisotopic (exact) mass is 468 g/mol. The molecule has 0 bridgehead atoms. The quantitative estimate of drug-likeness (QED) is 0.491. The minimum atomic E-state index is -5.08. The largest absolute Gasteiger partial charge is 0.490 e. The summed E-state index contributed by atoms with van der Waals surface area (Å²) in [4.78, 5) is 35.2. The van der Waals surface area contributed by atoms with E-state index in [1.165, 1.54) is 6.07 Å². The fraction of sp³-hybridized carbons (Fsp3) is 0.348. The van der Waals surface area contributed by atoms with Crippen molar-refractivity contribution < 1.29 is 37.8 Å². The first kappa shape index (κ1) is 27.5. The molecule has 0 saturated heterocycles. The minimum Gasteiger partial charge on any atom is -0.478 e. The fourth-order valence-corrected chi connectivity index (χ4v) is 2.98. The standard InChI is InChI=1S/C21H26N2O3.C2HF3O2/c1-4-12-23(13-5-2)19-11-10-16(14-18(19)21(25)26)22-20(24)17-9-7-6-8-15(17)3;3-2(4,5)1(6)7/h6-11,14H,4-5,12-13H2,1-3H3,(H,22,24)(H,25,26);(H,6,7). The van der Waals surface area contributed by atoms with Crippen LogP contribution in [0.4, 0.5) is 24.5 Å². The predicted molar refractivity (Wildman–Crippen MR) is 119 cm³/mol. The van der Waals surface area contributed by atoms with Crippen molar-refractivity contribution in [3.8, 4) is 0 Å². The van der Waals surface area contributed by atoms with E-state index in [0.717, 1.165) is 31.5 Å². The SMILES string of the molecule is CCCN(CCC)c1ccc(NC(=O)c2ccccc2C)cc1C(=O)O.O=C(O)C(F)(F)F. The van der Waals surface area contributed by atoms with Gasteiger partial charge >= 0.3 is 18.1 Å². The van der Waals surface area contributed by atoms with E-state index in [1.54, 1.807) is 24.3 Å². The number of hydrogen-bond acceptors (Lipinski definition) is 4. The molecular formula is C23H27F3N2O5. The summed E-state index contributed by atoms with van der Waals surface area (Å²) in [7, 11) is 0. The van der Waals surface area contributed by atoms with Crippen LogP contribution < -0.4 is 10.2 Å². The van der Waals surface area contributed by atoms with Crippen LogP contribution in [0.1, 0.15) is 53.0 Å². The van der Waals surface area contributed by atoms with Crippen molar-refractivity contribution in [2.75, 3.05) is 23.3 Å². The second kappa shape index (κ2) is 12.5. The van der Waals surface area contributed by atoms with Crippen LogP contribution in [0.25, 0.3) is 0 Å². The highest BCUT2D eigenvalue weighted by Crippen LogP contribution is 2.26. The van der Waals surface area contributed by atoms with Crippen molar-refractivity contribution >= 4 is 29.2 Å². The molecule has 2 aromatic carbocycles. The maximum atomic E-state index is 12.5. The Morgan fingerprint density at radius 3 is 1.94 bits per heavy atom. The highest BCUT2D eigenvalue weighted by molar-refractivity contribution is 6.06. The summed E-state index contributed by atoms with van der Waals surface area (Å²) >= 11 is 0. The third kappa shape index (κ3) is 8.47. The molecule has 3 N–H and O–H groups in total. The van der Waals surface area contributed by atoms with E-state index in [1.807, 2.05) is 19.1 Å². The van der Waals surface area contributed by atoms with Crippen LogP contribution in [0, 0.1) is 6.92 Å². The van der Waals surface area contributed by atoms with Crippen LogP contribution in [0.5, 0.6) is 0 Å². The van der Waals surface area contributed by atoms with Gasteiger partial charge in [0, 0.05) is 24.3 Å². The Morgan fingerprint density at radius 1 is 0.939 bits per heavy atom. The van der Waals surface area contributed by atoms with Gasteiger partial charge in [0.1, 0.15) is 0 Å². The Balaban J connectivity index is 0.000000675. The van der Waals surface area contributed by atoms with E-state index in [9.17, 15) is 27.9 Å². The van der Waals surface area contributed by atoms with Crippen molar-refractivity contribution in [3.63, 3.8) is 0 Å². The number of alkyl halides is 3. The molecule has 10 heteroatoms. The van der Waals surface area contributed by atoms with Gasteiger partial charge in [-0.05, 0) is 49.6 Å². The molecule has 0 atom stereocenters. The highest BCUT2D eigenvalue weighted by Gasteiger charge is 2.38. The van der Waals surface area contributed by atoms with E-state index in [-0.39, 0.29) is 11.5 Å². The van der Waals surface area contributed by atoms with Crippen molar-refractivity contribution in [3.05, 3.63) is 59.2 Å². The lowest BCUT2D eigenvalue weighted by Gasteiger charge is -2.25. The molecule has 0 unspecified atom stereocenters. The number of anilines is 2. The molecule has 7 nitrogen and oxygen atoms in total. The Hall–Kier alpha value is -3.56. The molecule has 0 fully saturated rings. The summed E-state index contributed by atoms with van der Waals surface area (Å²) < 4.78 is 31.7. The van der Waals surface area contributed by atoms with Crippen LogP contribution in [0.2, 0.25) is 0 Å². The van der Waals surface area contributed by atoms with E-state index in [4.69, 9.17) is 9.90 Å². The Bertz CT molecular complexity index is 971. The number of carbonyl (C=O) groups excluding carboxylic acids is 1. The van der Waals surface area contributed by atoms with Gasteiger partial charge in [0.25, 0.3) is 5.91 Å². The number of hydrogen-bond donors (Lipinski definition) is 3. The molecule has 0 radical (unpaired) electrons. The molecule has 2 rings (SSSR count). The first-order valence-electron chi connectivity index (χ1n) is 10.2. The Kier molecular flexibility index (Phi) is 10.4. The molecule has 2 aromatic rings. The number of carboxylic acid groups (broad SMARTS) is 2. The van der Waals surface area contributed by atoms with E-state index in [0.29, 0.717) is 16.9 Å². The average Bonchev–Trinajstić information content (AvgIpc) is 2.73. The molecule has 0 aliphatic rings. The molecule has 0 aliphatic carbocycles. The summed E-state index contributed by atoms with van der Waals surface area (Å²) in [6.07, 6.45) is -3.21. The summed E-state index contributed by atoms with van der Waals surface area (Å²) in [6.45, 7) is 7.60. The number of benzene rings is 2. The van der Waals surface area contributed by atoms with Crippen molar-refractivity contribution in [2.45, 2.75) is 39.8 Å². The normalized spacial score (nSPS) is 10.6. The number of rotatable bonds is 8. The smallest absolute Gasteiger partial charge is 0.478 e. The third-order valence-electron chi connectivity index (χ3n) is 4.44. The maximum Gasteiger partial charge on any atom is 0.490 e. The number of aromatic carboxylic acids is 1. The van der Waals surface area contributed by atoms with Gasteiger partial charge in [-0.2, -0.15) is 13.2 Å². The van der Waals surface area contributed by atoms with Crippen LogP contribution in [-0.4, -0.2) is 47.3 Å². The van der Waals surface area contributed by atoms with Gasteiger partial charge < -0.3 is 20.4 Å². The number of carboxylic acids is 2. The Morgan fingerprint density at radius 2 is 1.48 bits per heavy atom. The topological polar surface area (TPSA) is 107 Å². The van der Waals surface area contributed by atoms with Gasteiger partial charge in [-0.1, -0.05) is 32.0 Å². The number of amides is 1. The van der Waals surface area contributed by atoms with Gasteiger partial charge in [0.15, 0.2) is 0 Å². The minimum absolute atomic E-state index is 0.203. The van der Waals surface area contributed by atoms with Crippen LogP contribution >= 0.6 is 0 Å². The zero-order chi connectivity index (χ0) is 25.2. The third-order valence-corrected chi connectivity index (χ3v) is 4.44. The molecule has 180 valence electrons. The molecule has 33 heavy (non-hydrogen) atoms. The van der Waals surface area contributed by atoms with E-state index >= 15 is 0 Å². The van der Waals surface area contributed by atoms with Crippen molar-refractivity contribution in [1.29, 1.82) is 0 Å². The summed E-state index contributed by atoms with van der Waals surface area (Å²) in [5.74, 6) is -4.00. The zero-order valence-electron chi connectivity index (χ0n) is 18.6. The van der Waals surface area contributed by atoms with Gasteiger partial charge in [-0.3, -0.25) is 4.79 Å². The molecule has 0 aromatic heterocycles. The number of nitrogens with zero attached hydrogens (tertiary/aromatic N) is 1. The van der Waals surface area contributed by atoms with Crippen LogP contribution in [0.3, 0.4) is 0 Å². The second-order valence-corrected chi connectivity index (χ2v) is 7.10. The summed E-state index contributed by atoms with van der Waals surface area (Å²) in [5.41, 5.74) is 2.82. The maximum absolute atomic E-state index is 12.5. The molecule has 0 spiro atoms. The molecule has 0 aliphatic heterocycles. The predicted octanol–water partition coefficient (Wildman–Crippen LogP) is 5.21. The molecule has 0 heterocycles. The first-order valence-corrected chi connectivity index (χ1v) is 10.2. The van der Waals surface area contributed by atoms with Gasteiger partial charge in [-0.25, -0.2) is 9.59 Å².